The number of hydrogen-bond donors (Lipinski definition) is 2. The van der Waals surface area contributed by atoms with Gasteiger partial charge in [-0.25, -0.2) is 0 Å². The first-order chi connectivity index (χ1) is 5.36. The molecule has 0 aliphatic heterocycles. The third-order valence-electron chi connectivity index (χ3n) is 1.61. The molecule has 1 aromatic heterocycles. The van der Waals surface area contributed by atoms with Crippen LogP contribution in [0.5, 0.6) is 0 Å². The van der Waals surface area contributed by atoms with Gasteiger partial charge in [-0.05, 0) is 19.0 Å². The molecule has 0 saturated heterocycles. The van der Waals surface area contributed by atoms with Crippen molar-refractivity contribution in [2.45, 2.75) is 26.8 Å². The minimum atomic E-state index is 0.892. The van der Waals surface area contributed by atoms with Gasteiger partial charge >= 0.3 is 0 Å². The maximum atomic E-state index is 4.12. The normalized spacial score (nSPS) is 10.4. The van der Waals surface area contributed by atoms with Crippen LogP contribution in [-0.4, -0.2) is 16.7 Å². The van der Waals surface area contributed by atoms with E-state index in [0.29, 0.717) is 0 Å². The third-order valence-corrected chi connectivity index (χ3v) is 1.61. The van der Waals surface area contributed by atoms with Crippen LogP contribution in [0.3, 0.4) is 0 Å². The summed E-state index contributed by atoms with van der Waals surface area (Å²) in [7, 11) is 0. The summed E-state index contributed by atoms with van der Waals surface area (Å²) in [6.45, 7) is 6.09. The van der Waals surface area contributed by atoms with E-state index >= 15 is 0 Å². The van der Waals surface area contributed by atoms with E-state index in [9.17, 15) is 0 Å². The summed E-state index contributed by atoms with van der Waals surface area (Å²) < 4.78 is 0. The highest BCUT2D eigenvalue weighted by Crippen LogP contribution is 1.98. The molecule has 0 aliphatic carbocycles. The highest BCUT2D eigenvalue weighted by molar-refractivity contribution is 5.07. The molecule has 0 bridgehead atoms. The second kappa shape index (κ2) is 4.13. The molecule has 0 spiro atoms. The second-order valence-electron chi connectivity index (χ2n) is 2.52. The van der Waals surface area contributed by atoms with Gasteiger partial charge in [0.2, 0.25) is 0 Å². The van der Waals surface area contributed by atoms with Gasteiger partial charge < -0.3 is 5.32 Å². The first-order valence-corrected chi connectivity index (χ1v) is 4.10. The molecule has 62 valence electrons. The van der Waals surface area contributed by atoms with Crippen molar-refractivity contribution in [2.24, 2.45) is 0 Å². The van der Waals surface area contributed by atoms with Crippen molar-refractivity contribution in [3.05, 3.63) is 17.5 Å². The standard InChI is InChI=1S/C8H15N3/c1-3-7-5-8(11-10-7)6-9-4-2/h5,9H,3-4,6H2,1-2H3,(H,10,11). The summed E-state index contributed by atoms with van der Waals surface area (Å²) in [5, 5.41) is 10.3. The van der Waals surface area contributed by atoms with Crippen molar-refractivity contribution in [1.29, 1.82) is 0 Å². The number of aromatic amines is 1. The fourth-order valence-electron chi connectivity index (χ4n) is 0.941. The van der Waals surface area contributed by atoms with Gasteiger partial charge in [0.25, 0.3) is 0 Å². The van der Waals surface area contributed by atoms with Crippen molar-refractivity contribution in [1.82, 2.24) is 15.5 Å². The lowest BCUT2D eigenvalue weighted by Crippen LogP contribution is -2.11. The van der Waals surface area contributed by atoms with Crippen molar-refractivity contribution >= 4 is 0 Å². The Hall–Kier alpha value is -0.830. The Labute approximate surface area is 67.2 Å². The molecule has 2 N–H and O–H groups in total. The van der Waals surface area contributed by atoms with E-state index in [4.69, 9.17) is 0 Å². The summed E-state index contributed by atoms with van der Waals surface area (Å²) in [6.07, 6.45) is 1.00. The summed E-state index contributed by atoms with van der Waals surface area (Å²) in [5.41, 5.74) is 2.31. The molecule has 3 nitrogen and oxygen atoms in total. The Morgan fingerprint density at radius 1 is 1.55 bits per heavy atom. The summed E-state index contributed by atoms with van der Waals surface area (Å²) in [4.78, 5) is 0. The van der Waals surface area contributed by atoms with Crippen LogP contribution in [0.4, 0.5) is 0 Å². The minimum absolute atomic E-state index is 0.892. The fourth-order valence-corrected chi connectivity index (χ4v) is 0.941. The van der Waals surface area contributed by atoms with Crippen LogP contribution in [-0.2, 0) is 13.0 Å². The topological polar surface area (TPSA) is 40.7 Å². The van der Waals surface area contributed by atoms with E-state index in [1.54, 1.807) is 0 Å². The summed E-state index contributed by atoms with van der Waals surface area (Å²) >= 11 is 0. The zero-order chi connectivity index (χ0) is 8.10. The molecule has 0 fully saturated rings. The Balaban J connectivity index is 2.44. The minimum Gasteiger partial charge on any atom is -0.311 e. The Kier molecular flexibility index (Phi) is 3.11. The van der Waals surface area contributed by atoms with Crippen LogP contribution in [0.1, 0.15) is 25.2 Å². The number of rotatable bonds is 4. The van der Waals surface area contributed by atoms with Crippen LogP contribution >= 0.6 is 0 Å². The van der Waals surface area contributed by atoms with Crippen LogP contribution in [0.25, 0.3) is 0 Å². The molecule has 11 heavy (non-hydrogen) atoms. The molecule has 1 aromatic rings. The number of aromatic nitrogens is 2. The lowest BCUT2D eigenvalue weighted by atomic mass is 10.3. The average molecular weight is 153 g/mol. The maximum absolute atomic E-state index is 4.12. The van der Waals surface area contributed by atoms with E-state index in [2.05, 4.69) is 35.4 Å². The average Bonchev–Trinajstić information content (AvgIpc) is 2.48. The number of hydrogen-bond acceptors (Lipinski definition) is 2. The van der Waals surface area contributed by atoms with Crippen molar-refractivity contribution in [3.8, 4) is 0 Å². The fraction of sp³-hybridized carbons (Fsp3) is 0.625. The number of nitrogens with zero attached hydrogens (tertiary/aromatic N) is 1. The first kappa shape index (κ1) is 8.27. The molecule has 3 heteroatoms. The predicted octanol–water partition coefficient (Wildman–Crippen LogP) is 1.08. The molecule has 0 unspecified atom stereocenters. The Bertz CT molecular complexity index is 205. The molecule has 0 amide bonds. The van der Waals surface area contributed by atoms with Crippen LogP contribution in [0, 0.1) is 0 Å². The Morgan fingerprint density at radius 2 is 2.36 bits per heavy atom. The van der Waals surface area contributed by atoms with E-state index < -0.39 is 0 Å². The maximum Gasteiger partial charge on any atom is 0.0622 e. The van der Waals surface area contributed by atoms with Gasteiger partial charge in [0.15, 0.2) is 0 Å². The molecule has 0 aliphatic rings. The van der Waals surface area contributed by atoms with Crippen molar-refractivity contribution in [3.63, 3.8) is 0 Å². The number of nitrogens with one attached hydrogen (secondary N) is 2. The number of aryl methyl sites for hydroxylation is 1. The van der Waals surface area contributed by atoms with Crippen LogP contribution < -0.4 is 5.32 Å². The molecule has 0 atom stereocenters. The van der Waals surface area contributed by atoms with Gasteiger partial charge in [-0.2, -0.15) is 5.10 Å². The zero-order valence-corrected chi connectivity index (χ0v) is 7.15. The van der Waals surface area contributed by atoms with E-state index in [-0.39, 0.29) is 0 Å². The van der Waals surface area contributed by atoms with Gasteiger partial charge in [-0.3, -0.25) is 5.10 Å². The lowest BCUT2D eigenvalue weighted by molar-refractivity contribution is 0.707. The molecular formula is C8H15N3. The first-order valence-electron chi connectivity index (χ1n) is 4.10. The molecule has 0 aromatic carbocycles. The monoisotopic (exact) mass is 153 g/mol. The highest BCUT2D eigenvalue weighted by Gasteiger charge is 1.96. The molecule has 0 radical (unpaired) electrons. The quantitative estimate of drug-likeness (QED) is 0.679. The summed E-state index contributed by atoms with van der Waals surface area (Å²) in [5.74, 6) is 0. The van der Waals surface area contributed by atoms with E-state index in [1.165, 1.54) is 5.69 Å². The molecule has 1 rings (SSSR count). The second-order valence-corrected chi connectivity index (χ2v) is 2.52. The van der Waals surface area contributed by atoms with E-state index in [1.807, 2.05) is 0 Å². The molecular weight excluding hydrogens is 138 g/mol. The SMILES string of the molecule is CCNCc1cc(CC)n[nH]1. The van der Waals surface area contributed by atoms with Crippen molar-refractivity contribution < 1.29 is 0 Å². The van der Waals surface area contributed by atoms with Crippen molar-refractivity contribution in [2.75, 3.05) is 6.54 Å². The molecule has 0 saturated carbocycles. The van der Waals surface area contributed by atoms with Crippen LogP contribution in [0.2, 0.25) is 0 Å². The number of H-pyrrole nitrogens is 1. The van der Waals surface area contributed by atoms with Crippen LogP contribution in [0.15, 0.2) is 6.07 Å². The third kappa shape index (κ3) is 2.35. The zero-order valence-electron chi connectivity index (χ0n) is 7.15. The Morgan fingerprint density at radius 3 is 2.91 bits per heavy atom. The van der Waals surface area contributed by atoms with Gasteiger partial charge in [0.1, 0.15) is 0 Å². The van der Waals surface area contributed by atoms with E-state index in [0.717, 1.165) is 25.2 Å². The van der Waals surface area contributed by atoms with Gasteiger partial charge in [-0.15, -0.1) is 0 Å². The molecule has 1 heterocycles. The lowest BCUT2D eigenvalue weighted by Gasteiger charge is -1.95. The smallest absolute Gasteiger partial charge is 0.0622 e. The van der Waals surface area contributed by atoms with Gasteiger partial charge in [0, 0.05) is 12.2 Å². The predicted molar refractivity (Wildman–Crippen MR) is 45.3 cm³/mol. The van der Waals surface area contributed by atoms with Gasteiger partial charge in [-0.1, -0.05) is 13.8 Å². The summed E-state index contributed by atoms with van der Waals surface area (Å²) in [6, 6.07) is 2.10. The largest absolute Gasteiger partial charge is 0.311 e. The van der Waals surface area contributed by atoms with Gasteiger partial charge in [0.05, 0.1) is 5.69 Å². The highest BCUT2D eigenvalue weighted by atomic mass is 15.1.